The van der Waals surface area contributed by atoms with Crippen molar-refractivity contribution >= 4 is 11.6 Å². The van der Waals surface area contributed by atoms with Crippen LogP contribution >= 0.6 is 11.6 Å². The number of rotatable bonds is 2. The fourth-order valence-electron chi connectivity index (χ4n) is 1.35. The molecule has 17 heavy (non-hydrogen) atoms. The van der Waals surface area contributed by atoms with Gasteiger partial charge in [0, 0.05) is 12.3 Å². The van der Waals surface area contributed by atoms with E-state index in [-0.39, 0.29) is 0 Å². The molecule has 0 aliphatic heterocycles. The second-order valence-corrected chi connectivity index (χ2v) is 3.85. The van der Waals surface area contributed by atoms with Gasteiger partial charge in [0.1, 0.15) is 17.6 Å². The van der Waals surface area contributed by atoms with Crippen molar-refractivity contribution in [1.82, 2.24) is 4.98 Å². The topological polar surface area (TPSA) is 45.9 Å². The molecule has 0 aliphatic carbocycles. The van der Waals surface area contributed by atoms with Crippen LogP contribution in [-0.4, -0.2) is 4.98 Å². The van der Waals surface area contributed by atoms with E-state index >= 15 is 0 Å². The summed E-state index contributed by atoms with van der Waals surface area (Å²) in [6.07, 6.45) is 1.70. The molecule has 1 aromatic carbocycles. The van der Waals surface area contributed by atoms with Crippen LogP contribution in [0.3, 0.4) is 0 Å². The molecule has 0 spiro atoms. The van der Waals surface area contributed by atoms with Crippen LogP contribution in [0, 0.1) is 18.3 Å². The Bertz CT molecular complexity index is 590. The fraction of sp³-hybridized carbons (Fsp3) is 0.0769. The first-order valence-electron chi connectivity index (χ1n) is 5.00. The maximum Gasteiger partial charge on any atom is 0.148 e. The minimum absolute atomic E-state index is 0.381. The summed E-state index contributed by atoms with van der Waals surface area (Å²) < 4.78 is 5.63. The van der Waals surface area contributed by atoms with Crippen molar-refractivity contribution in [1.29, 1.82) is 5.26 Å². The lowest BCUT2D eigenvalue weighted by Gasteiger charge is -2.08. The maximum atomic E-state index is 8.76. The highest BCUT2D eigenvalue weighted by molar-refractivity contribution is 6.31. The molecule has 0 saturated heterocycles. The Hall–Kier alpha value is -2.05. The predicted molar refractivity (Wildman–Crippen MR) is 65.2 cm³/mol. The highest BCUT2D eigenvalue weighted by atomic mass is 35.5. The lowest BCUT2D eigenvalue weighted by Crippen LogP contribution is -1.90. The van der Waals surface area contributed by atoms with E-state index in [0.717, 1.165) is 5.69 Å². The van der Waals surface area contributed by atoms with Gasteiger partial charge in [-0.15, -0.1) is 0 Å². The summed E-state index contributed by atoms with van der Waals surface area (Å²) in [7, 11) is 0. The second kappa shape index (κ2) is 4.86. The molecular formula is C13H9ClN2O. The smallest absolute Gasteiger partial charge is 0.148 e. The molecule has 0 amide bonds. The molecule has 2 rings (SSSR count). The molecule has 84 valence electrons. The van der Waals surface area contributed by atoms with Gasteiger partial charge in [-0.1, -0.05) is 11.6 Å². The van der Waals surface area contributed by atoms with E-state index in [1.165, 1.54) is 0 Å². The van der Waals surface area contributed by atoms with Crippen LogP contribution < -0.4 is 4.74 Å². The summed E-state index contributed by atoms with van der Waals surface area (Å²) in [5.74, 6) is 1.26. The summed E-state index contributed by atoms with van der Waals surface area (Å²) in [4.78, 5) is 4.12. The van der Waals surface area contributed by atoms with Gasteiger partial charge in [-0.25, -0.2) is 0 Å². The summed E-state index contributed by atoms with van der Waals surface area (Å²) in [5.41, 5.74) is 1.23. The van der Waals surface area contributed by atoms with E-state index in [0.29, 0.717) is 22.1 Å². The molecule has 0 unspecified atom stereocenters. The van der Waals surface area contributed by atoms with Gasteiger partial charge in [0.05, 0.1) is 16.3 Å². The zero-order valence-corrected chi connectivity index (χ0v) is 9.90. The van der Waals surface area contributed by atoms with E-state index in [9.17, 15) is 0 Å². The van der Waals surface area contributed by atoms with Crippen LogP contribution in [0.2, 0.25) is 5.02 Å². The molecule has 0 N–H and O–H groups in total. The van der Waals surface area contributed by atoms with Crippen LogP contribution in [0.1, 0.15) is 11.3 Å². The molecule has 0 bridgehead atoms. The third-order valence-corrected chi connectivity index (χ3v) is 2.56. The minimum Gasteiger partial charge on any atom is -0.455 e. The van der Waals surface area contributed by atoms with E-state index in [4.69, 9.17) is 21.6 Å². The Morgan fingerprint density at radius 2 is 2.18 bits per heavy atom. The molecule has 0 saturated carbocycles. The summed E-state index contributed by atoms with van der Waals surface area (Å²) in [5, 5.41) is 9.14. The maximum absolute atomic E-state index is 8.76. The Morgan fingerprint density at radius 3 is 2.82 bits per heavy atom. The molecule has 0 atom stereocenters. The number of ether oxygens (including phenoxy) is 1. The average molecular weight is 245 g/mol. The van der Waals surface area contributed by atoms with Gasteiger partial charge in [-0.3, -0.25) is 4.98 Å². The van der Waals surface area contributed by atoms with Crippen LogP contribution in [0.25, 0.3) is 0 Å². The van der Waals surface area contributed by atoms with Gasteiger partial charge in [-0.2, -0.15) is 5.26 Å². The number of halogens is 1. The number of aryl methyl sites for hydroxylation is 1. The first kappa shape index (κ1) is 11.4. The quantitative estimate of drug-likeness (QED) is 0.809. The van der Waals surface area contributed by atoms with Gasteiger partial charge >= 0.3 is 0 Å². The van der Waals surface area contributed by atoms with Crippen LogP contribution in [-0.2, 0) is 0 Å². The predicted octanol–water partition coefficient (Wildman–Crippen LogP) is 3.71. The molecule has 0 radical (unpaired) electrons. The monoisotopic (exact) mass is 244 g/mol. The van der Waals surface area contributed by atoms with Crippen molar-refractivity contribution in [2.45, 2.75) is 6.92 Å². The molecule has 1 aromatic heterocycles. The fourth-order valence-corrected chi connectivity index (χ4v) is 1.57. The number of aromatic nitrogens is 1. The molecule has 1 heterocycles. The standard InChI is InChI=1S/C13H9ClN2O/c1-9-13(3-2-6-16-9)17-11-5-4-10(8-15)12(14)7-11/h2-7H,1H3. The van der Waals surface area contributed by atoms with Gasteiger partial charge in [0.2, 0.25) is 0 Å². The first-order valence-corrected chi connectivity index (χ1v) is 5.37. The molecule has 0 fully saturated rings. The largest absolute Gasteiger partial charge is 0.455 e. The number of benzene rings is 1. The van der Waals surface area contributed by atoms with Crippen LogP contribution in [0.15, 0.2) is 36.5 Å². The Labute approximate surface area is 104 Å². The Kier molecular flexibility index (Phi) is 3.27. The van der Waals surface area contributed by atoms with Gasteiger partial charge in [0.15, 0.2) is 0 Å². The van der Waals surface area contributed by atoms with E-state index in [2.05, 4.69) is 4.98 Å². The van der Waals surface area contributed by atoms with E-state index in [1.54, 1.807) is 30.5 Å². The summed E-state index contributed by atoms with van der Waals surface area (Å²) >= 11 is 5.92. The Morgan fingerprint density at radius 1 is 1.35 bits per heavy atom. The van der Waals surface area contributed by atoms with Crippen LogP contribution in [0.5, 0.6) is 11.5 Å². The van der Waals surface area contributed by atoms with Gasteiger partial charge < -0.3 is 4.74 Å². The summed E-state index contributed by atoms with van der Waals surface area (Å²) in [6, 6.07) is 10.6. The SMILES string of the molecule is Cc1ncccc1Oc1ccc(C#N)c(Cl)c1. The van der Waals surface area contributed by atoms with Crippen molar-refractivity contribution in [3.63, 3.8) is 0 Å². The first-order chi connectivity index (χ1) is 8.20. The Balaban J connectivity index is 2.29. The third-order valence-electron chi connectivity index (χ3n) is 2.25. The zero-order chi connectivity index (χ0) is 12.3. The highest BCUT2D eigenvalue weighted by Crippen LogP contribution is 2.27. The van der Waals surface area contributed by atoms with Crippen molar-refractivity contribution in [2.24, 2.45) is 0 Å². The number of nitrogens with zero attached hydrogens (tertiary/aromatic N) is 2. The number of hydrogen-bond acceptors (Lipinski definition) is 3. The lowest BCUT2D eigenvalue weighted by atomic mass is 10.2. The molecule has 3 nitrogen and oxygen atoms in total. The number of hydrogen-bond donors (Lipinski definition) is 0. The molecule has 2 aromatic rings. The normalized spacial score (nSPS) is 9.71. The van der Waals surface area contributed by atoms with Crippen molar-refractivity contribution in [3.8, 4) is 17.6 Å². The molecule has 4 heteroatoms. The van der Waals surface area contributed by atoms with Gasteiger partial charge in [0.25, 0.3) is 0 Å². The second-order valence-electron chi connectivity index (χ2n) is 3.44. The van der Waals surface area contributed by atoms with Crippen molar-refractivity contribution in [2.75, 3.05) is 0 Å². The van der Waals surface area contributed by atoms with Crippen molar-refractivity contribution < 1.29 is 4.74 Å². The third kappa shape index (κ3) is 2.55. The van der Waals surface area contributed by atoms with E-state index < -0.39 is 0 Å². The summed E-state index contributed by atoms with van der Waals surface area (Å²) in [6.45, 7) is 1.86. The average Bonchev–Trinajstić information content (AvgIpc) is 2.32. The number of pyridine rings is 1. The van der Waals surface area contributed by atoms with E-state index in [1.807, 2.05) is 19.1 Å². The molecule has 0 aliphatic rings. The number of nitriles is 1. The van der Waals surface area contributed by atoms with Crippen molar-refractivity contribution in [3.05, 3.63) is 52.8 Å². The lowest BCUT2D eigenvalue weighted by molar-refractivity contribution is 0.476. The molecular weight excluding hydrogens is 236 g/mol. The highest BCUT2D eigenvalue weighted by Gasteiger charge is 2.04. The van der Waals surface area contributed by atoms with Gasteiger partial charge in [-0.05, 0) is 31.2 Å². The van der Waals surface area contributed by atoms with Crippen LogP contribution in [0.4, 0.5) is 0 Å². The minimum atomic E-state index is 0.381. The zero-order valence-electron chi connectivity index (χ0n) is 9.14.